The maximum absolute atomic E-state index is 12.8. The molecule has 0 saturated carbocycles. The van der Waals surface area contributed by atoms with E-state index in [9.17, 15) is 23.5 Å². The van der Waals surface area contributed by atoms with Gasteiger partial charge in [0.1, 0.15) is 47.8 Å². The van der Waals surface area contributed by atoms with Gasteiger partial charge in [0.15, 0.2) is 0 Å². The number of benzene rings is 4. The highest BCUT2D eigenvalue weighted by Crippen LogP contribution is 2.16. The van der Waals surface area contributed by atoms with Crippen molar-refractivity contribution in [2.75, 3.05) is 13.6 Å². The summed E-state index contributed by atoms with van der Waals surface area (Å²) in [7, 11) is 1.98. The summed E-state index contributed by atoms with van der Waals surface area (Å²) >= 11 is 3.23. The molecule has 0 aliphatic rings. The lowest BCUT2D eigenvalue weighted by Gasteiger charge is -2.09. The van der Waals surface area contributed by atoms with Gasteiger partial charge in [0.2, 0.25) is 0 Å². The molecule has 2 heterocycles. The van der Waals surface area contributed by atoms with Crippen LogP contribution in [0.4, 0.5) is 8.78 Å². The highest BCUT2D eigenvalue weighted by Gasteiger charge is 2.03. The van der Waals surface area contributed by atoms with Crippen molar-refractivity contribution in [3.8, 4) is 28.7 Å². The number of rotatable bonds is 10. The Morgan fingerprint density at radius 2 is 1.23 bits per heavy atom. The Morgan fingerprint density at radius 1 is 0.717 bits per heavy atom. The Balaban J connectivity index is 0.000000217. The number of phenols is 2. The monoisotopic (exact) mass is 789 g/mol. The minimum Gasteiger partial charge on any atom is -0.508 e. The molecule has 2 aromatic heterocycles. The van der Waals surface area contributed by atoms with Crippen LogP contribution in [-0.4, -0.2) is 33.4 Å². The van der Waals surface area contributed by atoms with Gasteiger partial charge in [0.05, 0.1) is 0 Å². The molecular formula is C41H42BrF2N3O6. The summed E-state index contributed by atoms with van der Waals surface area (Å²) in [5.41, 5.74) is 1.86. The third-order valence-corrected chi connectivity index (χ3v) is 7.54. The predicted octanol–water partition coefficient (Wildman–Crippen LogP) is 8.51. The molecule has 9 nitrogen and oxygen atoms in total. The lowest BCUT2D eigenvalue weighted by Crippen LogP contribution is -2.16. The summed E-state index contributed by atoms with van der Waals surface area (Å²) in [6.07, 6.45) is 5.72. The van der Waals surface area contributed by atoms with Gasteiger partial charge in [0, 0.05) is 34.7 Å². The van der Waals surface area contributed by atoms with Crippen LogP contribution < -0.4 is 25.9 Å². The van der Waals surface area contributed by atoms with Gasteiger partial charge < -0.3 is 30.0 Å². The Kier molecular flexibility index (Phi) is 18.1. The number of H-pyrrole nitrogens is 1. The number of hydrogen-bond donors (Lipinski definition) is 4. The SMILES string of the molecule is CCCCNC.O=c1cc(OCc2ccc(F)cc2)cc[nH]1.O=c1cc(OCc2ccc(F)cc2)ccn1-c1ccc(O)cc1.Oc1ccc(Br)cc1. The van der Waals surface area contributed by atoms with Gasteiger partial charge in [-0.3, -0.25) is 14.2 Å². The van der Waals surface area contributed by atoms with Crippen LogP contribution in [0.2, 0.25) is 0 Å². The van der Waals surface area contributed by atoms with Gasteiger partial charge in [-0.25, -0.2) is 8.78 Å². The summed E-state index contributed by atoms with van der Waals surface area (Å²) in [5.74, 6) is 0.793. The Labute approximate surface area is 315 Å². The number of pyridine rings is 2. The molecule has 4 aromatic carbocycles. The zero-order valence-corrected chi connectivity index (χ0v) is 30.9. The number of phenolic OH excluding ortho intramolecular Hbond substituents is 2. The molecule has 12 heteroatoms. The molecular weight excluding hydrogens is 748 g/mol. The van der Waals surface area contributed by atoms with Crippen LogP contribution in [0.3, 0.4) is 0 Å². The molecule has 0 atom stereocenters. The second kappa shape index (κ2) is 23.0. The predicted molar refractivity (Wildman–Crippen MR) is 207 cm³/mol. The first-order valence-corrected chi connectivity index (χ1v) is 17.4. The van der Waals surface area contributed by atoms with E-state index in [0.717, 1.165) is 22.1 Å². The summed E-state index contributed by atoms with van der Waals surface area (Å²) in [4.78, 5) is 25.6. The first-order chi connectivity index (χ1) is 25.6. The van der Waals surface area contributed by atoms with Crippen LogP contribution >= 0.6 is 15.9 Å². The van der Waals surface area contributed by atoms with E-state index in [-0.39, 0.29) is 35.1 Å². The van der Waals surface area contributed by atoms with Crippen LogP contribution in [0.5, 0.6) is 23.0 Å². The third kappa shape index (κ3) is 16.4. The topological polar surface area (TPSA) is 126 Å². The lowest BCUT2D eigenvalue weighted by molar-refractivity contribution is 0.305. The Hall–Kier alpha value is -5.72. The van der Waals surface area contributed by atoms with E-state index in [1.54, 1.807) is 79.0 Å². The van der Waals surface area contributed by atoms with Crippen LogP contribution in [0.25, 0.3) is 5.69 Å². The van der Waals surface area contributed by atoms with E-state index in [1.165, 1.54) is 72.1 Å². The molecule has 0 radical (unpaired) electrons. The van der Waals surface area contributed by atoms with Crippen LogP contribution in [0, 0.1) is 11.6 Å². The smallest absolute Gasteiger partial charge is 0.258 e. The van der Waals surface area contributed by atoms with Crippen molar-refractivity contribution in [3.63, 3.8) is 0 Å². The van der Waals surface area contributed by atoms with Gasteiger partial charge in [-0.1, -0.05) is 53.5 Å². The van der Waals surface area contributed by atoms with Crippen LogP contribution in [0.15, 0.2) is 148 Å². The average Bonchev–Trinajstić information content (AvgIpc) is 3.16. The molecule has 0 aliphatic heterocycles. The van der Waals surface area contributed by atoms with Gasteiger partial charge in [-0.15, -0.1) is 0 Å². The standard InChI is InChI=1S/C18H14FNO3.C12H10FNO2.C6H5BrO.C5H13N/c19-14-3-1-13(2-4-14)12-23-17-9-10-20(18(22)11-17)15-5-7-16(21)8-6-15;13-10-3-1-9(2-4-10)8-16-11-5-6-14-12(15)7-11;7-5-1-3-6(8)4-2-5;1-3-4-5-6-2/h1-11,21H,12H2;1-7H,8H2,(H,14,15);1-4,8H;6H,3-5H2,1-2H3. The van der Waals surface area contributed by atoms with E-state index in [1.807, 2.05) is 7.05 Å². The quantitative estimate of drug-likeness (QED) is 0.103. The van der Waals surface area contributed by atoms with E-state index in [0.29, 0.717) is 29.5 Å². The number of halogens is 3. The molecule has 6 rings (SSSR count). The van der Waals surface area contributed by atoms with Gasteiger partial charge in [-0.05, 0) is 116 Å². The fraction of sp³-hybridized carbons (Fsp3) is 0.171. The maximum Gasteiger partial charge on any atom is 0.258 e. The molecule has 0 aliphatic carbocycles. The number of nitrogens with zero attached hydrogens (tertiary/aromatic N) is 1. The molecule has 6 aromatic rings. The highest BCUT2D eigenvalue weighted by atomic mass is 79.9. The van der Waals surface area contributed by atoms with Crippen molar-refractivity contribution in [2.24, 2.45) is 0 Å². The summed E-state index contributed by atoms with van der Waals surface area (Å²) in [6, 6.07) is 31.3. The molecule has 0 fully saturated rings. The van der Waals surface area contributed by atoms with E-state index in [2.05, 4.69) is 33.2 Å². The van der Waals surface area contributed by atoms with Crippen molar-refractivity contribution in [3.05, 3.63) is 182 Å². The Morgan fingerprint density at radius 3 is 1.66 bits per heavy atom. The van der Waals surface area contributed by atoms with E-state index < -0.39 is 0 Å². The average molecular weight is 791 g/mol. The van der Waals surface area contributed by atoms with Crippen molar-refractivity contribution >= 4 is 15.9 Å². The molecule has 4 N–H and O–H groups in total. The number of hydrogen-bond acceptors (Lipinski definition) is 7. The van der Waals surface area contributed by atoms with Crippen molar-refractivity contribution in [2.45, 2.75) is 33.0 Å². The van der Waals surface area contributed by atoms with Crippen molar-refractivity contribution in [1.29, 1.82) is 0 Å². The highest BCUT2D eigenvalue weighted by molar-refractivity contribution is 9.10. The molecule has 0 unspecified atom stereocenters. The number of aromatic hydroxyl groups is 2. The molecule has 0 amide bonds. The Bertz CT molecular complexity index is 2010. The number of ether oxygens (including phenoxy) is 2. The fourth-order valence-corrected chi connectivity index (χ4v) is 4.45. The molecule has 0 bridgehead atoms. The number of aromatic amines is 1. The number of aromatic nitrogens is 2. The maximum atomic E-state index is 12.8. The number of unbranched alkanes of at least 4 members (excludes halogenated alkanes) is 1. The van der Waals surface area contributed by atoms with E-state index in [4.69, 9.17) is 14.6 Å². The van der Waals surface area contributed by atoms with Crippen molar-refractivity contribution in [1.82, 2.24) is 14.9 Å². The molecule has 0 saturated heterocycles. The zero-order valence-electron chi connectivity index (χ0n) is 29.3. The summed E-state index contributed by atoms with van der Waals surface area (Å²) in [6.45, 7) is 3.92. The van der Waals surface area contributed by atoms with E-state index >= 15 is 0 Å². The lowest BCUT2D eigenvalue weighted by atomic mass is 10.2. The second-order valence-electron chi connectivity index (χ2n) is 11.2. The van der Waals surface area contributed by atoms with Gasteiger partial charge in [0.25, 0.3) is 11.1 Å². The molecule has 0 spiro atoms. The molecule has 278 valence electrons. The van der Waals surface area contributed by atoms with Gasteiger partial charge in [-0.2, -0.15) is 0 Å². The number of nitrogens with one attached hydrogen (secondary N) is 2. The summed E-state index contributed by atoms with van der Waals surface area (Å²) in [5, 5.41) is 21.1. The minimum atomic E-state index is -0.301. The first kappa shape index (κ1) is 41.7. The first-order valence-electron chi connectivity index (χ1n) is 16.6. The second-order valence-corrected chi connectivity index (χ2v) is 12.2. The largest absolute Gasteiger partial charge is 0.508 e. The molecule has 53 heavy (non-hydrogen) atoms. The third-order valence-electron chi connectivity index (χ3n) is 7.01. The normalized spacial score (nSPS) is 9.98. The fourth-order valence-electron chi connectivity index (χ4n) is 4.18. The minimum absolute atomic E-state index is 0.140. The zero-order chi connectivity index (χ0) is 38.4. The van der Waals surface area contributed by atoms with Crippen LogP contribution in [0.1, 0.15) is 30.9 Å². The van der Waals surface area contributed by atoms with Crippen LogP contribution in [-0.2, 0) is 13.2 Å². The summed E-state index contributed by atoms with van der Waals surface area (Å²) < 4.78 is 38.8. The van der Waals surface area contributed by atoms with Gasteiger partial charge >= 0.3 is 0 Å². The van der Waals surface area contributed by atoms with Crippen molar-refractivity contribution < 1.29 is 28.5 Å².